The zero-order valence-electron chi connectivity index (χ0n) is 14.1. The molecule has 1 aromatic heterocycles. The van der Waals surface area contributed by atoms with Crippen LogP contribution in [0, 0.1) is 0 Å². The monoisotopic (exact) mass is 360 g/mol. The molecule has 26 heavy (non-hydrogen) atoms. The molecule has 0 saturated heterocycles. The Kier molecular flexibility index (Phi) is 3.57. The van der Waals surface area contributed by atoms with Crippen LogP contribution in [0.25, 0.3) is 16.5 Å². The summed E-state index contributed by atoms with van der Waals surface area (Å²) in [5, 5.41) is 5.38. The maximum absolute atomic E-state index is 12.9. The van der Waals surface area contributed by atoms with Crippen molar-refractivity contribution in [1.82, 2.24) is 4.98 Å². The number of benzene rings is 2. The highest BCUT2D eigenvalue weighted by atomic mass is 35.5. The van der Waals surface area contributed by atoms with Gasteiger partial charge in [0.15, 0.2) is 5.78 Å². The lowest BCUT2D eigenvalue weighted by atomic mass is 9.77. The van der Waals surface area contributed by atoms with E-state index in [1.165, 1.54) is 5.57 Å². The number of nitrogens with one attached hydrogen (secondary N) is 1. The summed E-state index contributed by atoms with van der Waals surface area (Å²) in [6.45, 7) is 0. The van der Waals surface area contributed by atoms with Gasteiger partial charge in [-0.3, -0.25) is 9.78 Å². The molecule has 3 aromatic rings. The predicted octanol–water partition coefficient (Wildman–Crippen LogP) is 5.56. The molecule has 0 bridgehead atoms. The highest BCUT2D eigenvalue weighted by molar-refractivity contribution is 6.30. The van der Waals surface area contributed by atoms with E-state index in [-0.39, 0.29) is 11.8 Å². The fourth-order valence-electron chi connectivity index (χ4n) is 4.22. The first-order valence-corrected chi connectivity index (χ1v) is 9.26. The first kappa shape index (κ1) is 15.6. The normalized spacial score (nSPS) is 19.1. The lowest BCUT2D eigenvalue weighted by Gasteiger charge is -2.35. The minimum atomic E-state index is -0.155. The van der Waals surface area contributed by atoms with Gasteiger partial charge in [-0.2, -0.15) is 0 Å². The molecule has 2 aliphatic rings. The number of anilines is 1. The van der Waals surface area contributed by atoms with Gasteiger partial charge >= 0.3 is 0 Å². The van der Waals surface area contributed by atoms with E-state index in [1.807, 2.05) is 36.4 Å². The van der Waals surface area contributed by atoms with Crippen molar-refractivity contribution >= 4 is 39.5 Å². The van der Waals surface area contributed by atoms with Gasteiger partial charge in [-0.25, -0.2) is 0 Å². The summed E-state index contributed by atoms with van der Waals surface area (Å²) in [5.74, 6) is 0.232. The van der Waals surface area contributed by atoms with Gasteiger partial charge in [0.25, 0.3) is 0 Å². The fourth-order valence-corrected chi connectivity index (χ4v) is 4.42. The van der Waals surface area contributed by atoms with Gasteiger partial charge < -0.3 is 5.32 Å². The Morgan fingerprint density at radius 1 is 1.08 bits per heavy atom. The van der Waals surface area contributed by atoms with Crippen LogP contribution in [0.5, 0.6) is 0 Å². The van der Waals surface area contributed by atoms with Crippen molar-refractivity contribution in [3.05, 3.63) is 76.5 Å². The van der Waals surface area contributed by atoms with E-state index >= 15 is 0 Å². The van der Waals surface area contributed by atoms with Crippen LogP contribution >= 0.6 is 11.6 Å². The Hall–Kier alpha value is -2.65. The SMILES string of the molecule is O=C1CCCC2=C1[C@@H](c1cccc(Cl)c1)Nc1ccc3ncccc3c12. The molecule has 1 N–H and O–H groups in total. The number of aromatic nitrogens is 1. The van der Waals surface area contributed by atoms with E-state index in [1.54, 1.807) is 6.20 Å². The lowest BCUT2D eigenvalue weighted by molar-refractivity contribution is -0.116. The van der Waals surface area contributed by atoms with Gasteiger partial charge in [-0.15, -0.1) is 0 Å². The number of Topliss-reactive ketones (excluding diaryl/α,β-unsaturated/α-hetero) is 1. The van der Waals surface area contributed by atoms with Crippen LogP contribution in [0.1, 0.15) is 36.4 Å². The molecule has 0 saturated carbocycles. The predicted molar refractivity (Wildman–Crippen MR) is 105 cm³/mol. The van der Waals surface area contributed by atoms with Gasteiger partial charge in [0.05, 0.1) is 11.6 Å². The largest absolute Gasteiger partial charge is 0.373 e. The van der Waals surface area contributed by atoms with Gasteiger partial charge in [-0.1, -0.05) is 29.8 Å². The summed E-state index contributed by atoms with van der Waals surface area (Å²) in [6, 6.07) is 15.8. The number of rotatable bonds is 1. The second-order valence-electron chi connectivity index (χ2n) is 6.86. The number of allylic oxidation sites excluding steroid dienone is 1. The Bertz CT molecular complexity index is 1090. The molecule has 0 unspecified atom stereocenters. The second kappa shape index (κ2) is 5.96. The Balaban J connectivity index is 1.79. The number of hydrogen-bond acceptors (Lipinski definition) is 3. The van der Waals surface area contributed by atoms with Crippen molar-refractivity contribution in [2.24, 2.45) is 0 Å². The third-order valence-electron chi connectivity index (χ3n) is 5.31. The summed E-state index contributed by atoms with van der Waals surface area (Å²) in [4.78, 5) is 17.4. The minimum absolute atomic E-state index is 0.155. The Morgan fingerprint density at radius 2 is 2.00 bits per heavy atom. The number of nitrogens with zero attached hydrogens (tertiary/aromatic N) is 1. The summed E-state index contributed by atoms with van der Waals surface area (Å²) in [7, 11) is 0. The van der Waals surface area contributed by atoms with Gasteiger partial charge in [0.2, 0.25) is 0 Å². The average Bonchev–Trinajstić information content (AvgIpc) is 2.67. The molecule has 0 spiro atoms. The molecule has 1 atom stereocenters. The summed E-state index contributed by atoms with van der Waals surface area (Å²) in [6.07, 6.45) is 4.23. The van der Waals surface area contributed by atoms with E-state index in [4.69, 9.17) is 11.6 Å². The van der Waals surface area contributed by atoms with Crippen LogP contribution in [0.15, 0.2) is 60.3 Å². The zero-order chi connectivity index (χ0) is 17.7. The summed E-state index contributed by atoms with van der Waals surface area (Å²) < 4.78 is 0. The molecule has 5 rings (SSSR count). The van der Waals surface area contributed by atoms with Crippen molar-refractivity contribution < 1.29 is 4.79 Å². The maximum Gasteiger partial charge on any atom is 0.161 e. The number of carbonyl (C=O) groups is 1. The van der Waals surface area contributed by atoms with E-state index in [0.29, 0.717) is 11.4 Å². The highest BCUT2D eigenvalue weighted by Gasteiger charge is 2.34. The quantitative estimate of drug-likeness (QED) is 0.617. The molecule has 3 nitrogen and oxygen atoms in total. The second-order valence-corrected chi connectivity index (χ2v) is 7.30. The topological polar surface area (TPSA) is 42.0 Å². The summed E-state index contributed by atoms with van der Waals surface area (Å²) in [5.41, 5.74) is 6.23. The van der Waals surface area contributed by atoms with Crippen LogP contribution in [0.4, 0.5) is 5.69 Å². The van der Waals surface area contributed by atoms with Crippen LogP contribution < -0.4 is 5.32 Å². The Morgan fingerprint density at radius 3 is 2.88 bits per heavy atom. The number of carbonyl (C=O) groups excluding carboxylic acids is 1. The van der Waals surface area contributed by atoms with E-state index < -0.39 is 0 Å². The van der Waals surface area contributed by atoms with Crippen LogP contribution in [-0.2, 0) is 4.79 Å². The fraction of sp³-hybridized carbons (Fsp3) is 0.182. The number of pyridine rings is 1. The highest BCUT2D eigenvalue weighted by Crippen LogP contribution is 2.47. The van der Waals surface area contributed by atoms with E-state index in [2.05, 4.69) is 22.4 Å². The van der Waals surface area contributed by atoms with Gasteiger partial charge in [0.1, 0.15) is 0 Å². The number of hydrogen-bond donors (Lipinski definition) is 1. The van der Waals surface area contributed by atoms with Gasteiger partial charge in [-0.05, 0) is 54.3 Å². The van der Waals surface area contributed by atoms with Gasteiger partial charge in [0, 0.05) is 39.9 Å². The average molecular weight is 361 g/mol. The summed E-state index contributed by atoms with van der Waals surface area (Å²) >= 11 is 6.22. The first-order chi connectivity index (χ1) is 12.7. The molecule has 128 valence electrons. The molecular weight excluding hydrogens is 344 g/mol. The third kappa shape index (κ3) is 2.35. The van der Waals surface area contributed by atoms with E-state index in [0.717, 1.165) is 46.1 Å². The molecule has 0 radical (unpaired) electrons. The van der Waals surface area contributed by atoms with Crippen LogP contribution in [0.2, 0.25) is 5.02 Å². The number of halogens is 1. The van der Waals surface area contributed by atoms with Crippen molar-refractivity contribution in [2.45, 2.75) is 25.3 Å². The van der Waals surface area contributed by atoms with Crippen molar-refractivity contribution in [3.63, 3.8) is 0 Å². The lowest BCUT2D eigenvalue weighted by Crippen LogP contribution is -2.27. The molecule has 4 heteroatoms. The van der Waals surface area contributed by atoms with Crippen LogP contribution in [0.3, 0.4) is 0 Å². The van der Waals surface area contributed by atoms with E-state index in [9.17, 15) is 4.79 Å². The number of fused-ring (bicyclic) bond motifs is 4. The maximum atomic E-state index is 12.9. The van der Waals surface area contributed by atoms with Crippen molar-refractivity contribution in [2.75, 3.05) is 5.32 Å². The smallest absolute Gasteiger partial charge is 0.161 e. The third-order valence-corrected chi connectivity index (χ3v) is 5.55. The standard InChI is InChI=1S/C22H17ClN2O/c23-14-5-1-4-13(12-14)22-21-16(6-2-8-19(21)26)20-15-7-3-11-24-17(15)9-10-18(20)25-22/h1,3-5,7,9-12,22,25H,2,6,8H2/t22-/m1/s1. The molecule has 1 aliphatic carbocycles. The zero-order valence-corrected chi connectivity index (χ0v) is 14.9. The molecule has 0 amide bonds. The molecular formula is C22H17ClN2O. The number of ketones is 1. The molecule has 1 aliphatic heterocycles. The molecule has 2 heterocycles. The van der Waals surface area contributed by atoms with Crippen LogP contribution in [-0.4, -0.2) is 10.8 Å². The molecule has 2 aromatic carbocycles. The first-order valence-electron chi connectivity index (χ1n) is 8.89. The van der Waals surface area contributed by atoms with Crippen molar-refractivity contribution in [1.29, 1.82) is 0 Å². The van der Waals surface area contributed by atoms with Crippen molar-refractivity contribution in [3.8, 4) is 0 Å². The minimum Gasteiger partial charge on any atom is -0.373 e. The molecule has 0 fully saturated rings. The Labute approximate surface area is 156 Å².